The molecule has 0 aliphatic rings. The molecule has 136 valence electrons. The van der Waals surface area contributed by atoms with E-state index in [1.165, 1.54) is 21.6 Å². The van der Waals surface area contributed by atoms with Gasteiger partial charge in [0.2, 0.25) is 0 Å². The summed E-state index contributed by atoms with van der Waals surface area (Å²) in [5, 5.41) is 4.35. The molecule has 1 heterocycles. The third kappa shape index (κ3) is 4.29. The van der Waals surface area contributed by atoms with E-state index in [0.717, 1.165) is 22.1 Å². The number of benzene rings is 3. The smallest absolute Gasteiger partial charge is 0.188 e. The zero-order chi connectivity index (χ0) is 17.9. The molecule has 0 unspecified atom stereocenters. The van der Waals surface area contributed by atoms with E-state index in [4.69, 9.17) is 4.98 Å². The van der Waals surface area contributed by atoms with E-state index in [1.807, 2.05) is 24.3 Å². The predicted molar refractivity (Wildman–Crippen MR) is 123 cm³/mol. The maximum atomic E-state index is 4.93. The van der Waals surface area contributed by atoms with Crippen LogP contribution < -0.4 is 5.32 Å². The second-order valence-corrected chi connectivity index (χ2v) is 7.37. The normalized spacial score (nSPS) is 10.3. The molecule has 0 bridgehead atoms. The lowest BCUT2D eigenvalue weighted by Gasteiger charge is -2.07. The fraction of sp³-hybridized carbons (Fsp3) is 0.0870. The number of nitrogens with zero attached hydrogens (tertiary/aromatic N) is 1. The van der Waals surface area contributed by atoms with E-state index in [2.05, 4.69) is 73.8 Å². The molecule has 4 heteroatoms. The van der Waals surface area contributed by atoms with Gasteiger partial charge in [-0.1, -0.05) is 83.6 Å². The van der Waals surface area contributed by atoms with Crippen LogP contribution in [0.2, 0.25) is 0 Å². The van der Waals surface area contributed by atoms with Crippen molar-refractivity contribution in [1.82, 2.24) is 4.98 Å². The van der Waals surface area contributed by atoms with Crippen LogP contribution in [0.25, 0.3) is 21.7 Å². The Labute approximate surface area is 174 Å². The van der Waals surface area contributed by atoms with Gasteiger partial charge in [-0.2, -0.15) is 0 Å². The Morgan fingerprint density at radius 2 is 1.48 bits per heavy atom. The Kier molecular flexibility index (Phi) is 6.09. The molecule has 27 heavy (non-hydrogen) atoms. The van der Waals surface area contributed by atoms with Gasteiger partial charge in [0.15, 0.2) is 5.13 Å². The SMILES string of the molecule is Br.Cc1ccc(C)c(-c2sc(Nc3ccccc3)nc2-c2ccccc2)c1. The standard InChI is InChI=1S/C23H20N2S.BrH/c1-16-13-14-17(2)20(15-16)22-21(18-9-5-3-6-10-18)25-23(26-22)24-19-11-7-4-8-12-19;/h3-15H,1-2H3,(H,24,25);1H. The monoisotopic (exact) mass is 436 g/mol. The molecule has 0 radical (unpaired) electrons. The Bertz CT molecular complexity index is 1030. The van der Waals surface area contributed by atoms with E-state index < -0.39 is 0 Å². The second-order valence-electron chi connectivity index (χ2n) is 6.37. The van der Waals surface area contributed by atoms with Gasteiger partial charge >= 0.3 is 0 Å². The lowest BCUT2D eigenvalue weighted by atomic mass is 10.0. The van der Waals surface area contributed by atoms with E-state index in [9.17, 15) is 0 Å². The third-order valence-corrected chi connectivity index (χ3v) is 5.34. The Balaban J connectivity index is 0.00000210. The van der Waals surface area contributed by atoms with E-state index >= 15 is 0 Å². The number of halogens is 1. The molecule has 0 aliphatic heterocycles. The molecular weight excluding hydrogens is 416 g/mol. The van der Waals surface area contributed by atoms with Crippen molar-refractivity contribution in [1.29, 1.82) is 0 Å². The molecule has 0 spiro atoms. The van der Waals surface area contributed by atoms with E-state index in [1.54, 1.807) is 11.3 Å². The molecule has 1 N–H and O–H groups in total. The molecule has 0 amide bonds. The third-order valence-electron chi connectivity index (χ3n) is 4.34. The average Bonchev–Trinajstić information content (AvgIpc) is 3.09. The molecule has 2 nitrogen and oxygen atoms in total. The van der Waals surface area contributed by atoms with Crippen LogP contribution in [0.3, 0.4) is 0 Å². The number of anilines is 2. The Morgan fingerprint density at radius 3 is 2.19 bits per heavy atom. The maximum Gasteiger partial charge on any atom is 0.188 e. The molecule has 0 aliphatic carbocycles. The lowest BCUT2D eigenvalue weighted by molar-refractivity contribution is 1.37. The minimum absolute atomic E-state index is 0. The molecule has 1 aromatic heterocycles. The van der Waals surface area contributed by atoms with Gasteiger partial charge in [0, 0.05) is 11.3 Å². The average molecular weight is 437 g/mol. The summed E-state index contributed by atoms with van der Waals surface area (Å²) in [5.41, 5.74) is 7.00. The molecular formula is C23H21BrN2S. The van der Waals surface area contributed by atoms with Gasteiger partial charge in [0.05, 0.1) is 10.6 Å². The number of thiazole rings is 1. The van der Waals surface area contributed by atoms with Crippen molar-refractivity contribution in [2.75, 3.05) is 5.32 Å². The zero-order valence-corrected chi connectivity index (χ0v) is 17.8. The van der Waals surface area contributed by atoms with Crippen molar-refractivity contribution in [3.63, 3.8) is 0 Å². The number of rotatable bonds is 4. The van der Waals surface area contributed by atoms with Crippen molar-refractivity contribution in [2.45, 2.75) is 13.8 Å². The quantitative estimate of drug-likeness (QED) is 0.359. The highest BCUT2D eigenvalue weighted by Gasteiger charge is 2.16. The summed E-state index contributed by atoms with van der Waals surface area (Å²) in [7, 11) is 0. The number of hydrogen-bond acceptors (Lipinski definition) is 3. The summed E-state index contributed by atoms with van der Waals surface area (Å²) in [4.78, 5) is 6.13. The molecule has 0 saturated heterocycles. The highest BCUT2D eigenvalue weighted by molar-refractivity contribution is 8.93. The van der Waals surface area contributed by atoms with Crippen molar-refractivity contribution >= 4 is 39.1 Å². The Morgan fingerprint density at radius 1 is 0.815 bits per heavy atom. The summed E-state index contributed by atoms with van der Waals surface area (Å²) < 4.78 is 0. The first-order valence-electron chi connectivity index (χ1n) is 8.66. The molecule has 4 rings (SSSR count). The van der Waals surface area contributed by atoms with Gasteiger partial charge in [-0.05, 0) is 37.1 Å². The molecule has 0 saturated carbocycles. The second kappa shape index (κ2) is 8.51. The van der Waals surface area contributed by atoms with Crippen LogP contribution in [-0.2, 0) is 0 Å². The van der Waals surface area contributed by atoms with Gasteiger partial charge in [-0.15, -0.1) is 17.0 Å². The fourth-order valence-corrected chi connectivity index (χ4v) is 4.06. The van der Waals surface area contributed by atoms with Crippen LogP contribution in [0.1, 0.15) is 11.1 Å². The first kappa shape index (κ1) is 19.3. The molecule has 3 aromatic carbocycles. The van der Waals surface area contributed by atoms with Gasteiger partial charge in [-0.3, -0.25) is 0 Å². The van der Waals surface area contributed by atoms with E-state index in [0.29, 0.717) is 0 Å². The summed E-state index contributed by atoms with van der Waals surface area (Å²) in [6, 6.07) is 27.2. The van der Waals surface area contributed by atoms with Crippen LogP contribution in [0, 0.1) is 13.8 Å². The summed E-state index contributed by atoms with van der Waals surface area (Å²) in [5.74, 6) is 0. The maximum absolute atomic E-state index is 4.93. The number of hydrogen-bond donors (Lipinski definition) is 1. The minimum atomic E-state index is 0. The number of para-hydroxylation sites is 1. The van der Waals surface area contributed by atoms with Crippen molar-refractivity contribution < 1.29 is 0 Å². The van der Waals surface area contributed by atoms with Crippen LogP contribution in [0.4, 0.5) is 10.8 Å². The molecule has 4 aromatic rings. The number of aryl methyl sites for hydroxylation is 2. The summed E-state index contributed by atoms with van der Waals surface area (Å²) in [6.45, 7) is 4.29. The molecule has 0 fully saturated rings. The van der Waals surface area contributed by atoms with E-state index in [-0.39, 0.29) is 17.0 Å². The zero-order valence-electron chi connectivity index (χ0n) is 15.3. The first-order chi connectivity index (χ1) is 12.7. The van der Waals surface area contributed by atoms with Crippen molar-refractivity contribution in [2.24, 2.45) is 0 Å². The fourth-order valence-electron chi connectivity index (χ4n) is 2.97. The highest BCUT2D eigenvalue weighted by Crippen LogP contribution is 2.41. The minimum Gasteiger partial charge on any atom is -0.332 e. The van der Waals surface area contributed by atoms with Crippen LogP contribution in [0.5, 0.6) is 0 Å². The highest BCUT2D eigenvalue weighted by atomic mass is 79.9. The predicted octanol–water partition coefficient (Wildman–Crippen LogP) is 7.42. The largest absolute Gasteiger partial charge is 0.332 e. The van der Waals surface area contributed by atoms with Gasteiger partial charge in [0.1, 0.15) is 0 Å². The van der Waals surface area contributed by atoms with Gasteiger partial charge < -0.3 is 5.32 Å². The number of nitrogens with one attached hydrogen (secondary N) is 1. The summed E-state index contributed by atoms with van der Waals surface area (Å²) >= 11 is 1.70. The lowest BCUT2D eigenvalue weighted by Crippen LogP contribution is -1.89. The van der Waals surface area contributed by atoms with Crippen LogP contribution in [0.15, 0.2) is 78.9 Å². The van der Waals surface area contributed by atoms with Crippen molar-refractivity contribution in [3.05, 3.63) is 90.0 Å². The van der Waals surface area contributed by atoms with Gasteiger partial charge in [0.25, 0.3) is 0 Å². The topological polar surface area (TPSA) is 24.9 Å². The van der Waals surface area contributed by atoms with Crippen LogP contribution in [-0.4, -0.2) is 4.98 Å². The number of aromatic nitrogens is 1. The van der Waals surface area contributed by atoms with Gasteiger partial charge in [-0.25, -0.2) is 4.98 Å². The molecule has 0 atom stereocenters. The van der Waals surface area contributed by atoms with Crippen LogP contribution >= 0.6 is 28.3 Å². The summed E-state index contributed by atoms with van der Waals surface area (Å²) in [6.07, 6.45) is 0. The first-order valence-corrected chi connectivity index (χ1v) is 9.48. The Hall–Kier alpha value is -2.43. The van der Waals surface area contributed by atoms with Crippen molar-refractivity contribution in [3.8, 4) is 21.7 Å².